The first-order valence-electron chi connectivity index (χ1n) is 16.6. The van der Waals surface area contributed by atoms with Crippen molar-refractivity contribution in [2.24, 2.45) is 0 Å². The maximum Gasteiger partial charge on any atom is 0.308 e. The highest BCUT2D eigenvalue weighted by molar-refractivity contribution is 6.31. The predicted molar refractivity (Wildman–Crippen MR) is 185 cm³/mol. The smallest absolute Gasteiger partial charge is 0.308 e. The number of benzene rings is 4. The van der Waals surface area contributed by atoms with Crippen LogP contribution < -0.4 is 9.47 Å². The van der Waals surface area contributed by atoms with Gasteiger partial charge >= 0.3 is 5.97 Å². The van der Waals surface area contributed by atoms with E-state index in [-0.39, 0.29) is 56.9 Å². The van der Waals surface area contributed by atoms with Gasteiger partial charge in [0.25, 0.3) is 0 Å². The summed E-state index contributed by atoms with van der Waals surface area (Å²) in [7, 11) is 0. The van der Waals surface area contributed by atoms with Crippen LogP contribution in [0.2, 0.25) is 0 Å². The minimum Gasteiger partial charge on any atom is -0.507 e. The number of phenols is 1. The molecule has 6 rings (SSSR count). The Labute approximate surface area is 294 Å². The van der Waals surface area contributed by atoms with Crippen LogP contribution in [-0.4, -0.2) is 73.8 Å². The second kappa shape index (κ2) is 15.0. The Morgan fingerprint density at radius 1 is 0.824 bits per heavy atom. The van der Waals surface area contributed by atoms with E-state index in [1.54, 1.807) is 12.2 Å². The van der Waals surface area contributed by atoms with E-state index in [1.807, 2.05) is 60.7 Å². The summed E-state index contributed by atoms with van der Waals surface area (Å²) in [6, 6.07) is 21.3. The lowest BCUT2D eigenvalue weighted by Crippen LogP contribution is -2.58. The largest absolute Gasteiger partial charge is 0.507 e. The minimum atomic E-state index is -1.70. The van der Waals surface area contributed by atoms with Gasteiger partial charge in [-0.05, 0) is 61.1 Å². The zero-order chi connectivity index (χ0) is 36.4. The standard InChI is InChI=1S/C40H38O11/c1-21-34(43)38(47)39(48)40(49-21)51-30-19-28-33(35(44)27(30)15-9-14-23-10-5-3-6-11-23)37(46)31-25(20-41)18-29(50-22(2)42)26(32(31)36(28)45)17-16-24-12-7-4-8-13-24/h3-8,10-13,16-19,21,34,38-41,43-44,47-48H,9,14-15,20H2,1-2H3/t21-,34-,38-,39-,40-/m1/s1. The molecule has 0 saturated carbocycles. The molecule has 0 radical (unpaired) electrons. The number of ketones is 2. The van der Waals surface area contributed by atoms with Crippen molar-refractivity contribution < 1.29 is 54.1 Å². The number of carbonyl (C=O) groups excluding carboxylic acids is 3. The summed E-state index contributed by atoms with van der Waals surface area (Å²) in [5.41, 5.74) is 1.25. The normalized spacial score (nSPS) is 21.3. The van der Waals surface area contributed by atoms with Crippen LogP contribution in [0.1, 0.15) is 79.9 Å². The number of fused-ring (bicyclic) bond motifs is 2. The average molecular weight is 695 g/mol. The number of phenolic OH excluding ortho intramolecular Hbond substituents is 1. The average Bonchev–Trinajstić information content (AvgIpc) is 3.12. The molecule has 11 heteroatoms. The Morgan fingerprint density at radius 3 is 2.18 bits per heavy atom. The zero-order valence-electron chi connectivity index (χ0n) is 28.0. The molecule has 4 aromatic carbocycles. The van der Waals surface area contributed by atoms with Crippen LogP contribution in [0.15, 0.2) is 72.8 Å². The molecule has 4 aromatic rings. The van der Waals surface area contributed by atoms with Crippen LogP contribution in [0.5, 0.6) is 17.2 Å². The fourth-order valence-corrected chi connectivity index (χ4v) is 6.55. The molecule has 0 amide bonds. The number of ether oxygens (including phenoxy) is 3. The van der Waals surface area contributed by atoms with Crippen molar-refractivity contribution in [2.75, 3.05) is 0 Å². The van der Waals surface area contributed by atoms with Gasteiger partial charge in [-0.1, -0.05) is 66.7 Å². The molecule has 1 saturated heterocycles. The quantitative estimate of drug-likeness (QED) is 0.0806. The maximum absolute atomic E-state index is 14.6. The fourth-order valence-electron chi connectivity index (χ4n) is 6.55. The first-order chi connectivity index (χ1) is 24.5. The molecule has 0 unspecified atom stereocenters. The highest BCUT2D eigenvalue weighted by atomic mass is 16.7. The summed E-state index contributed by atoms with van der Waals surface area (Å²) in [5, 5.41) is 53.7. The molecule has 264 valence electrons. The Hall–Kier alpha value is -5.17. The number of hydrogen-bond acceptors (Lipinski definition) is 11. The predicted octanol–water partition coefficient (Wildman–Crippen LogP) is 4.14. The van der Waals surface area contributed by atoms with E-state index in [0.29, 0.717) is 12.8 Å². The van der Waals surface area contributed by atoms with Gasteiger partial charge in [-0.2, -0.15) is 0 Å². The van der Waals surface area contributed by atoms with Gasteiger partial charge in [0.05, 0.1) is 18.3 Å². The SMILES string of the molecule is CC(=O)Oc1cc(CO)c2c(c1C=Cc1ccccc1)C(=O)c1cc(O[C@H]3O[C@H](C)[C@@H](O)[C@@H](O)[C@H]3O)c(CCCc3ccccc3)c(O)c1C2=O. The number of aromatic hydroxyl groups is 1. The number of carbonyl (C=O) groups is 3. The molecule has 2 aliphatic rings. The summed E-state index contributed by atoms with van der Waals surface area (Å²) < 4.78 is 17.2. The van der Waals surface area contributed by atoms with E-state index in [1.165, 1.54) is 26.0 Å². The molecule has 1 heterocycles. The summed E-state index contributed by atoms with van der Waals surface area (Å²) in [6.07, 6.45) is -2.68. The van der Waals surface area contributed by atoms with Crippen molar-refractivity contribution in [3.8, 4) is 17.2 Å². The molecule has 1 aliphatic heterocycles. The summed E-state index contributed by atoms with van der Waals surface area (Å²) >= 11 is 0. The van der Waals surface area contributed by atoms with Gasteiger partial charge in [-0.3, -0.25) is 14.4 Å². The number of esters is 1. The van der Waals surface area contributed by atoms with E-state index in [9.17, 15) is 39.9 Å². The molecule has 11 nitrogen and oxygen atoms in total. The molecule has 51 heavy (non-hydrogen) atoms. The van der Waals surface area contributed by atoms with Crippen molar-refractivity contribution in [1.29, 1.82) is 0 Å². The van der Waals surface area contributed by atoms with Gasteiger partial charge in [0.15, 0.2) is 11.6 Å². The monoisotopic (exact) mass is 694 g/mol. The fraction of sp³-hybridized carbons (Fsp3) is 0.275. The van der Waals surface area contributed by atoms with E-state index >= 15 is 0 Å². The molecular weight excluding hydrogens is 656 g/mol. The second-order valence-electron chi connectivity index (χ2n) is 12.6. The Kier molecular flexibility index (Phi) is 10.5. The first kappa shape index (κ1) is 35.6. The van der Waals surface area contributed by atoms with Gasteiger partial charge in [-0.25, -0.2) is 0 Å². The van der Waals surface area contributed by atoms with Gasteiger partial charge in [0, 0.05) is 34.7 Å². The van der Waals surface area contributed by atoms with Crippen LogP contribution in [0.25, 0.3) is 12.2 Å². The lowest BCUT2D eigenvalue weighted by molar-refractivity contribution is -0.268. The third kappa shape index (κ3) is 7.07. The topological polar surface area (TPSA) is 180 Å². The van der Waals surface area contributed by atoms with Crippen LogP contribution in [-0.2, 0) is 29.0 Å². The third-order valence-corrected chi connectivity index (χ3v) is 9.15. The summed E-state index contributed by atoms with van der Waals surface area (Å²) in [5.74, 6) is -2.80. The molecule has 0 aromatic heterocycles. The molecule has 5 N–H and O–H groups in total. The number of aryl methyl sites for hydroxylation is 1. The zero-order valence-corrected chi connectivity index (χ0v) is 28.0. The minimum absolute atomic E-state index is 0.0210. The summed E-state index contributed by atoms with van der Waals surface area (Å²) in [4.78, 5) is 41.2. The third-order valence-electron chi connectivity index (χ3n) is 9.15. The van der Waals surface area contributed by atoms with Crippen LogP contribution in [0, 0.1) is 0 Å². The molecule has 1 aliphatic carbocycles. The molecule has 5 atom stereocenters. The lowest BCUT2D eigenvalue weighted by atomic mass is 9.77. The van der Waals surface area contributed by atoms with Crippen molar-refractivity contribution >= 4 is 29.7 Å². The lowest BCUT2D eigenvalue weighted by Gasteiger charge is -2.39. The maximum atomic E-state index is 14.6. The van der Waals surface area contributed by atoms with Crippen molar-refractivity contribution in [2.45, 2.75) is 70.4 Å². The Morgan fingerprint density at radius 2 is 1.51 bits per heavy atom. The second-order valence-corrected chi connectivity index (χ2v) is 12.6. The van der Waals surface area contributed by atoms with E-state index in [4.69, 9.17) is 14.2 Å². The number of aliphatic hydroxyl groups is 4. The van der Waals surface area contributed by atoms with E-state index in [0.717, 1.165) is 11.1 Å². The molecule has 0 spiro atoms. The first-order valence-corrected chi connectivity index (χ1v) is 16.6. The van der Waals surface area contributed by atoms with Crippen LogP contribution >= 0.6 is 0 Å². The Balaban J connectivity index is 1.50. The number of rotatable bonds is 10. The highest BCUT2D eigenvalue weighted by Crippen LogP contribution is 2.45. The summed E-state index contributed by atoms with van der Waals surface area (Å²) in [6.45, 7) is 2.00. The van der Waals surface area contributed by atoms with Crippen molar-refractivity contribution in [1.82, 2.24) is 0 Å². The highest BCUT2D eigenvalue weighted by Gasteiger charge is 2.44. The van der Waals surface area contributed by atoms with E-state index < -0.39 is 60.6 Å². The molecular formula is C40H38O11. The number of aliphatic hydroxyl groups excluding tert-OH is 4. The molecule has 1 fully saturated rings. The van der Waals surface area contributed by atoms with Gasteiger partial charge in [0.1, 0.15) is 35.6 Å². The van der Waals surface area contributed by atoms with Gasteiger partial charge in [0.2, 0.25) is 6.29 Å². The van der Waals surface area contributed by atoms with Gasteiger partial charge < -0.3 is 39.7 Å². The molecule has 0 bridgehead atoms. The number of hydrogen-bond donors (Lipinski definition) is 5. The van der Waals surface area contributed by atoms with Crippen molar-refractivity contribution in [3.63, 3.8) is 0 Å². The van der Waals surface area contributed by atoms with Gasteiger partial charge in [-0.15, -0.1) is 0 Å². The van der Waals surface area contributed by atoms with Crippen LogP contribution in [0.4, 0.5) is 0 Å². The van der Waals surface area contributed by atoms with E-state index in [2.05, 4.69) is 0 Å². The Bertz CT molecular complexity index is 1990. The van der Waals surface area contributed by atoms with Crippen molar-refractivity contribution in [3.05, 3.63) is 123 Å². The van der Waals surface area contributed by atoms with Crippen LogP contribution in [0.3, 0.4) is 0 Å².